The number of hydrogen-bond acceptors (Lipinski definition) is 3. The summed E-state index contributed by atoms with van der Waals surface area (Å²) in [5.74, 6) is 0.876. The average Bonchev–Trinajstić information content (AvgIpc) is 3.07. The van der Waals surface area contributed by atoms with Crippen LogP contribution in [0.2, 0.25) is 0 Å². The Morgan fingerprint density at radius 2 is 1.89 bits per heavy atom. The molecule has 2 aromatic carbocycles. The van der Waals surface area contributed by atoms with E-state index in [1.54, 1.807) is 11.3 Å². The number of benzene rings is 2. The van der Waals surface area contributed by atoms with Crippen molar-refractivity contribution in [1.82, 2.24) is 15.6 Å². The number of aliphatic imine (C=N–C) groups is 1. The number of aryl methyl sites for hydroxylation is 1. The Bertz CT molecular complexity index is 875. The number of hydrogen-bond donors (Lipinski definition) is 2. The Hall–Kier alpha value is -1.67. The molecule has 0 spiro atoms. The molecule has 0 saturated heterocycles. The molecule has 3 rings (SSSR count). The lowest BCUT2D eigenvalue weighted by atomic mass is 10.1. The predicted molar refractivity (Wildman–Crippen MR) is 128 cm³/mol. The Balaban J connectivity index is 0.00000261. The fourth-order valence-electron chi connectivity index (χ4n) is 2.84. The lowest BCUT2D eigenvalue weighted by Gasteiger charge is -2.11. The molecule has 0 bridgehead atoms. The second-order valence-electron chi connectivity index (χ2n) is 6.23. The van der Waals surface area contributed by atoms with Crippen LogP contribution in [0.25, 0.3) is 10.8 Å². The third-order valence-corrected chi connectivity index (χ3v) is 5.10. The van der Waals surface area contributed by atoms with Gasteiger partial charge in [-0.25, -0.2) is 4.98 Å². The van der Waals surface area contributed by atoms with E-state index in [1.807, 2.05) is 6.20 Å². The molecule has 144 valence electrons. The van der Waals surface area contributed by atoms with E-state index in [-0.39, 0.29) is 24.0 Å². The Kier molecular flexibility index (Phi) is 9.00. The van der Waals surface area contributed by atoms with Crippen LogP contribution in [0.5, 0.6) is 0 Å². The summed E-state index contributed by atoms with van der Waals surface area (Å²) in [6.45, 7) is 6.64. The van der Waals surface area contributed by atoms with Gasteiger partial charge < -0.3 is 10.6 Å². The zero-order valence-electron chi connectivity index (χ0n) is 15.9. The lowest BCUT2D eigenvalue weighted by Crippen LogP contribution is -2.38. The quantitative estimate of drug-likeness (QED) is 0.288. The standard InChI is InChI=1S/C21H26N4S.HI/c1-3-22-21(24-13-11-20-25-15-16(2)26-20)23-12-10-17-8-9-18-6-4-5-7-19(18)14-17;/h4-9,14-15H,3,10-13H2,1-2H3,(H2,22,23,24);1H. The van der Waals surface area contributed by atoms with Crippen molar-refractivity contribution in [3.8, 4) is 0 Å². The van der Waals surface area contributed by atoms with E-state index in [0.717, 1.165) is 43.4 Å². The number of fused-ring (bicyclic) bond motifs is 1. The first kappa shape index (κ1) is 21.6. The molecule has 0 aliphatic carbocycles. The van der Waals surface area contributed by atoms with Crippen molar-refractivity contribution in [2.24, 2.45) is 4.99 Å². The van der Waals surface area contributed by atoms with E-state index in [4.69, 9.17) is 0 Å². The normalized spacial score (nSPS) is 11.3. The van der Waals surface area contributed by atoms with Crippen LogP contribution in [0, 0.1) is 6.92 Å². The van der Waals surface area contributed by atoms with Gasteiger partial charge in [-0.05, 0) is 36.6 Å². The Labute approximate surface area is 182 Å². The predicted octanol–water partition coefficient (Wildman–Crippen LogP) is 4.56. The van der Waals surface area contributed by atoms with Crippen LogP contribution in [0.15, 0.2) is 53.7 Å². The molecule has 0 saturated carbocycles. The number of nitrogens with zero attached hydrogens (tertiary/aromatic N) is 2. The van der Waals surface area contributed by atoms with Crippen LogP contribution >= 0.6 is 35.3 Å². The second kappa shape index (κ2) is 11.2. The summed E-state index contributed by atoms with van der Waals surface area (Å²) < 4.78 is 0. The maximum Gasteiger partial charge on any atom is 0.191 e. The topological polar surface area (TPSA) is 49.3 Å². The average molecular weight is 494 g/mol. The molecule has 0 aliphatic heterocycles. The minimum atomic E-state index is 0. The maximum atomic E-state index is 4.66. The first-order valence-corrected chi connectivity index (χ1v) is 9.97. The Morgan fingerprint density at radius 3 is 2.63 bits per heavy atom. The molecule has 27 heavy (non-hydrogen) atoms. The number of thiazole rings is 1. The Morgan fingerprint density at radius 1 is 1.07 bits per heavy atom. The van der Waals surface area contributed by atoms with Crippen molar-refractivity contribution in [3.05, 3.63) is 64.1 Å². The van der Waals surface area contributed by atoms with Crippen molar-refractivity contribution >= 4 is 52.0 Å². The van der Waals surface area contributed by atoms with Gasteiger partial charge in [0.2, 0.25) is 0 Å². The van der Waals surface area contributed by atoms with Crippen LogP contribution in [0.4, 0.5) is 0 Å². The fraction of sp³-hybridized carbons (Fsp3) is 0.333. The molecule has 0 fully saturated rings. The van der Waals surface area contributed by atoms with E-state index in [2.05, 4.69) is 76.9 Å². The van der Waals surface area contributed by atoms with Crippen molar-refractivity contribution in [3.63, 3.8) is 0 Å². The molecule has 1 heterocycles. The smallest absolute Gasteiger partial charge is 0.191 e. The van der Waals surface area contributed by atoms with Gasteiger partial charge in [-0.2, -0.15) is 0 Å². The lowest BCUT2D eigenvalue weighted by molar-refractivity contribution is 0.796. The summed E-state index contributed by atoms with van der Waals surface area (Å²) in [4.78, 5) is 10.3. The molecule has 0 radical (unpaired) electrons. The highest BCUT2D eigenvalue weighted by Crippen LogP contribution is 2.15. The van der Waals surface area contributed by atoms with E-state index in [0.29, 0.717) is 0 Å². The SMILES string of the molecule is CCNC(=NCCc1ncc(C)s1)NCCc1ccc2ccccc2c1.I. The van der Waals surface area contributed by atoms with Gasteiger partial charge in [-0.1, -0.05) is 42.5 Å². The molecule has 1 aromatic heterocycles. The van der Waals surface area contributed by atoms with Crippen molar-refractivity contribution < 1.29 is 0 Å². The molecule has 0 amide bonds. The molecule has 3 aromatic rings. The molecule has 4 nitrogen and oxygen atoms in total. The van der Waals surface area contributed by atoms with Gasteiger partial charge in [0.25, 0.3) is 0 Å². The van der Waals surface area contributed by atoms with Crippen LogP contribution in [0.1, 0.15) is 22.4 Å². The molecule has 2 N–H and O–H groups in total. The summed E-state index contributed by atoms with van der Waals surface area (Å²) in [6.07, 6.45) is 3.79. The highest BCUT2D eigenvalue weighted by molar-refractivity contribution is 14.0. The van der Waals surface area contributed by atoms with E-state index >= 15 is 0 Å². The van der Waals surface area contributed by atoms with E-state index < -0.39 is 0 Å². The summed E-state index contributed by atoms with van der Waals surface area (Å²) >= 11 is 1.75. The van der Waals surface area contributed by atoms with Crippen LogP contribution in [-0.2, 0) is 12.8 Å². The molecule has 0 aliphatic rings. The van der Waals surface area contributed by atoms with Gasteiger partial charge in [-0.3, -0.25) is 4.99 Å². The number of guanidine groups is 1. The maximum absolute atomic E-state index is 4.66. The second-order valence-corrected chi connectivity index (χ2v) is 7.55. The van der Waals surface area contributed by atoms with Crippen LogP contribution in [-0.4, -0.2) is 30.6 Å². The third kappa shape index (κ3) is 6.77. The van der Waals surface area contributed by atoms with Gasteiger partial charge >= 0.3 is 0 Å². The highest BCUT2D eigenvalue weighted by Gasteiger charge is 2.01. The minimum absolute atomic E-state index is 0. The zero-order chi connectivity index (χ0) is 18.2. The molecule has 0 atom stereocenters. The van der Waals surface area contributed by atoms with Gasteiger partial charge in [0, 0.05) is 37.1 Å². The fourth-order valence-corrected chi connectivity index (χ4v) is 3.62. The third-order valence-electron chi connectivity index (χ3n) is 4.13. The van der Waals surface area contributed by atoms with Gasteiger partial charge in [-0.15, -0.1) is 35.3 Å². The summed E-state index contributed by atoms with van der Waals surface area (Å²) in [5.41, 5.74) is 1.34. The van der Waals surface area contributed by atoms with Gasteiger partial charge in [0.05, 0.1) is 5.01 Å². The number of rotatable bonds is 7. The molecular formula is C21H27IN4S. The van der Waals surface area contributed by atoms with Crippen molar-refractivity contribution in [2.45, 2.75) is 26.7 Å². The first-order valence-electron chi connectivity index (χ1n) is 9.16. The zero-order valence-corrected chi connectivity index (χ0v) is 19.0. The van der Waals surface area contributed by atoms with Gasteiger partial charge in [0.15, 0.2) is 5.96 Å². The van der Waals surface area contributed by atoms with Crippen LogP contribution in [0.3, 0.4) is 0 Å². The number of halogens is 1. The van der Waals surface area contributed by atoms with Crippen molar-refractivity contribution in [2.75, 3.05) is 19.6 Å². The number of aromatic nitrogens is 1. The molecular weight excluding hydrogens is 467 g/mol. The van der Waals surface area contributed by atoms with Gasteiger partial charge in [0.1, 0.15) is 0 Å². The largest absolute Gasteiger partial charge is 0.357 e. The van der Waals surface area contributed by atoms with Crippen LogP contribution < -0.4 is 10.6 Å². The monoisotopic (exact) mass is 494 g/mol. The molecule has 0 unspecified atom stereocenters. The summed E-state index contributed by atoms with van der Waals surface area (Å²) in [6, 6.07) is 15.2. The highest BCUT2D eigenvalue weighted by atomic mass is 127. The minimum Gasteiger partial charge on any atom is -0.357 e. The van der Waals surface area contributed by atoms with E-state index in [1.165, 1.54) is 21.2 Å². The summed E-state index contributed by atoms with van der Waals surface area (Å²) in [5, 5.41) is 10.5. The summed E-state index contributed by atoms with van der Waals surface area (Å²) in [7, 11) is 0. The van der Waals surface area contributed by atoms with Crippen molar-refractivity contribution in [1.29, 1.82) is 0 Å². The first-order chi connectivity index (χ1) is 12.7. The van der Waals surface area contributed by atoms with E-state index in [9.17, 15) is 0 Å². The molecule has 6 heteroatoms. The number of nitrogens with one attached hydrogen (secondary N) is 2.